The summed E-state index contributed by atoms with van der Waals surface area (Å²) in [6, 6.07) is 6.91. The van der Waals surface area contributed by atoms with Crippen molar-refractivity contribution in [3.8, 4) is 0 Å². The van der Waals surface area contributed by atoms with Crippen molar-refractivity contribution in [2.24, 2.45) is 34.8 Å². The first-order chi connectivity index (χ1) is 14.9. The molecule has 0 aliphatic heterocycles. The van der Waals surface area contributed by atoms with Gasteiger partial charge in [0.15, 0.2) is 5.78 Å². The summed E-state index contributed by atoms with van der Waals surface area (Å²) in [7, 11) is -3.82. The van der Waals surface area contributed by atoms with Crippen LogP contribution in [-0.2, 0) is 19.6 Å². The summed E-state index contributed by atoms with van der Waals surface area (Å²) in [5.74, 6) is 1.19. The largest absolute Gasteiger partial charge is 0.369 e. The first kappa shape index (κ1) is 23.4. The van der Waals surface area contributed by atoms with E-state index in [2.05, 4.69) is 0 Å². The zero-order valence-corrected chi connectivity index (χ0v) is 20.5. The van der Waals surface area contributed by atoms with Crippen LogP contribution in [0, 0.1) is 36.0 Å². The van der Waals surface area contributed by atoms with Crippen molar-refractivity contribution in [1.29, 1.82) is 0 Å². The molecule has 0 saturated heterocycles. The molecule has 4 aliphatic carbocycles. The third-order valence-electron chi connectivity index (χ3n) is 8.67. The van der Waals surface area contributed by atoms with E-state index >= 15 is 0 Å². The molecule has 5 rings (SSSR count). The highest BCUT2D eigenvalue weighted by atomic mass is 32.2. The van der Waals surface area contributed by atoms with Gasteiger partial charge in [-0.2, -0.15) is 4.31 Å². The molecule has 0 aromatic heterocycles. The first-order valence-corrected chi connectivity index (χ1v) is 13.3. The standard InChI is InChI=1S/C25H36N2O4S/c1-5-27(32(30,31)21-9-7-6-8-16(21)2)24(3,4)22(28)12-20-18-10-17-11-19(20)15-25(13-17,14-18)23(26)29/h6-9,17-20H,5,10-15H2,1-4H3,(H2,26,29). The fourth-order valence-electron chi connectivity index (χ4n) is 7.20. The predicted octanol–water partition coefficient (Wildman–Crippen LogP) is 3.67. The number of nitrogens with zero attached hydrogens (tertiary/aromatic N) is 1. The SMILES string of the molecule is CCN(C(C)(C)C(=O)CC1C2CC3CC1CC(C(N)=O)(C3)C2)S(=O)(=O)c1ccccc1C. The Kier molecular flexibility index (Phi) is 5.82. The summed E-state index contributed by atoms with van der Waals surface area (Å²) in [6.45, 7) is 7.24. The van der Waals surface area contributed by atoms with Crippen LogP contribution in [0.15, 0.2) is 29.2 Å². The second-order valence-corrected chi connectivity index (χ2v) is 12.7. The number of hydrogen-bond acceptors (Lipinski definition) is 4. The molecular weight excluding hydrogens is 424 g/mol. The summed E-state index contributed by atoms with van der Waals surface area (Å²) in [5, 5.41) is 0. The molecule has 1 aromatic carbocycles. The minimum absolute atomic E-state index is 0.0397. The second kappa shape index (κ2) is 7.94. The first-order valence-electron chi connectivity index (χ1n) is 11.8. The van der Waals surface area contributed by atoms with E-state index in [1.165, 1.54) is 4.31 Å². The molecule has 2 unspecified atom stereocenters. The summed E-state index contributed by atoms with van der Waals surface area (Å²) in [5.41, 5.74) is 4.95. The number of sulfonamides is 1. The minimum Gasteiger partial charge on any atom is -0.369 e. The Bertz CT molecular complexity index is 1020. The Labute approximate surface area is 192 Å². The highest BCUT2D eigenvalue weighted by Gasteiger charge is 2.58. The van der Waals surface area contributed by atoms with Crippen LogP contribution in [0.1, 0.15) is 64.9 Å². The molecular formula is C25H36N2O4S. The molecule has 0 radical (unpaired) electrons. The topological polar surface area (TPSA) is 97.5 Å². The van der Waals surface area contributed by atoms with Crippen molar-refractivity contribution >= 4 is 21.7 Å². The van der Waals surface area contributed by atoms with Gasteiger partial charge >= 0.3 is 0 Å². The number of likely N-dealkylation sites (N-methyl/N-ethyl adjacent to an activating group) is 1. The molecule has 4 saturated carbocycles. The molecule has 176 valence electrons. The van der Waals surface area contributed by atoms with Crippen LogP contribution in [0.2, 0.25) is 0 Å². The van der Waals surface area contributed by atoms with Gasteiger partial charge in [0, 0.05) is 18.4 Å². The number of Topliss-reactive ketones (excluding diaryl/α,β-unsaturated/α-hetero) is 1. The Morgan fingerprint density at radius 1 is 1.12 bits per heavy atom. The van der Waals surface area contributed by atoms with E-state index in [0.29, 0.717) is 29.7 Å². The lowest BCUT2D eigenvalue weighted by Crippen LogP contribution is -2.58. The highest BCUT2D eigenvalue weighted by molar-refractivity contribution is 7.89. The normalized spacial score (nSPS) is 31.8. The maximum Gasteiger partial charge on any atom is 0.244 e. The lowest BCUT2D eigenvalue weighted by molar-refractivity contribution is -0.152. The van der Waals surface area contributed by atoms with Gasteiger partial charge in [0.1, 0.15) is 0 Å². The lowest BCUT2D eigenvalue weighted by Gasteiger charge is -2.59. The van der Waals surface area contributed by atoms with Crippen LogP contribution in [0.4, 0.5) is 0 Å². The second-order valence-electron chi connectivity index (χ2n) is 10.9. The van der Waals surface area contributed by atoms with Crippen LogP contribution in [0.25, 0.3) is 0 Å². The number of carbonyl (C=O) groups is 2. The van der Waals surface area contributed by atoms with Crippen LogP contribution < -0.4 is 5.73 Å². The van der Waals surface area contributed by atoms with Crippen molar-refractivity contribution in [2.45, 2.75) is 76.7 Å². The Hall–Kier alpha value is -1.73. The maximum absolute atomic E-state index is 13.6. The molecule has 7 heteroatoms. The van der Waals surface area contributed by atoms with E-state index < -0.39 is 15.6 Å². The number of benzene rings is 1. The van der Waals surface area contributed by atoms with Gasteiger partial charge in [-0.1, -0.05) is 25.1 Å². The molecule has 2 atom stereocenters. The fraction of sp³-hybridized carbons (Fsp3) is 0.680. The number of ketones is 1. The third kappa shape index (κ3) is 3.61. The molecule has 0 spiro atoms. The Morgan fingerprint density at radius 2 is 1.72 bits per heavy atom. The molecule has 4 bridgehead atoms. The smallest absolute Gasteiger partial charge is 0.244 e. The fourth-order valence-corrected chi connectivity index (χ4v) is 9.20. The van der Waals surface area contributed by atoms with E-state index in [4.69, 9.17) is 5.73 Å². The van der Waals surface area contributed by atoms with Gasteiger partial charge in [-0.3, -0.25) is 9.59 Å². The minimum atomic E-state index is -3.82. The average Bonchev–Trinajstić information content (AvgIpc) is 2.70. The molecule has 1 amide bonds. The zero-order chi connectivity index (χ0) is 23.5. The van der Waals surface area contributed by atoms with Gasteiger partial charge in [0.2, 0.25) is 15.9 Å². The molecule has 0 heterocycles. The van der Waals surface area contributed by atoms with Crippen molar-refractivity contribution in [2.75, 3.05) is 6.54 Å². The molecule has 2 N–H and O–H groups in total. The van der Waals surface area contributed by atoms with Gasteiger partial charge < -0.3 is 5.73 Å². The van der Waals surface area contributed by atoms with Crippen molar-refractivity contribution in [3.63, 3.8) is 0 Å². The third-order valence-corrected chi connectivity index (χ3v) is 11.0. The molecule has 32 heavy (non-hydrogen) atoms. The van der Waals surface area contributed by atoms with Crippen LogP contribution in [0.5, 0.6) is 0 Å². The number of aryl methyl sites for hydroxylation is 1. The summed E-state index contributed by atoms with van der Waals surface area (Å²) in [6.07, 6.45) is 4.95. The van der Waals surface area contributed by atoms with Gasteiger partial charge in [-0.25, -0.2) is 8.42 Å². The van der Waals surface area contributed by atoms with Crippen LogP contribution in [0.3, 0.4) is 0 Å². The summed E-state index contributed by atoms with van der Waals surface area (Å²) < 4.78 is 28.4. The predicted molar refractivity (Wildman–Crippen MR) is 123 cm³/mol. The number of amides is 1. The Balaban J connectivity index is 1.56. The maximum atomic E-state index is 13.6. The van der Waals surface area contributed by atoms with Gasteiger partial charge in [0.05, 0.1) is 10.4 Å². The van der Waals surface area contributed by atoms with Gasteiger partial charge in [-0.05, 0) is 88.2 Å². The molecule has 4 fully saturated rings. The van der Waals surface area contributed by atoms with Crippen LogP contribution in [-0.4, -0.2) is 36.5 Å². The van der Waals surface area contributed by atoms with E-state index in [1.54, 1.807) is 45.9 Å². The summed E-state index contributed by atoms with van der Waals surface area (Å²) >= 11 is 0. The average molecular weight is 461 g/mol. The van der Waals surface area contributed by atoms with E-state index in [1.807, 2.05) is 6.07 Å². The van der Waals surface area contributed by atoms with Gasteiger partial charge in [-0.15, -0.1) is 0 Å². The molecule has 1 aromatic rings. The number of rotatable bonds is 8. The monoisotopic (exact) mass is 460 g/mol. The van der Waals surface area contributed by atoms with E-state index in [0.717, 1.165) is 32.1 Å². The zero-order valence-electron chi connectivity index (χ0n) is 19.6. The van der Waals surface area contributed by atoms with E-state index in [9.17, 15) is 18.0 Å². The number of nitrogens with two attached hydrogens (primary N) is 1. The summed E-state index contributed by atoms with van der Waals surface area (Å²) in [4.78, 5) is 26.1. The van der Waals surface area contributed by atoms with Crippen molar-refractivity contribution < 1.29 is 18.0 Å². The van der Waals surface area contributed by atoms with Crippen molar-refractivity contribution in [1.82, 2.24) is 4.31 Å². The lowest BCUT2D eigenvalue weighted by atomic mass is 9.45. The number of hydrogen-bond donors (Lipinski definition) is 1. The molecule has 4 aliphatic rings. The highest BCUT2D eigenvalue weighted by Crippen LogP contribution is 2.63. The number of primary amides is 1. The van der Waals surface area contributed by atoms with Crippen molar-refractivity contribution in [3.05, 3.63) is 29.8 Å². The van der Waals surface area contributed by atoms with Gasteiger partial charge in [0.25, 0.3) is 0 Å². The molecule has 6 nitrogen and oxygen atoms in total. The quantitative estimate of drug-likeness (QED) is 0.640. The van der Waals surface area contributed by atoms with E-state index in [-0.39, 0.29) is 34.5 Å². The number of carbonyl (C=O) groups excluding carboxylic acids is 2. The Morgan fingerprint density at radius 3 is 2.25 bits per heavy atom. The van der Waals surface area contributed by atoms with Crippen LogP contribution >= 0.6 is 0 Å².